The number of nitrogens with one attached hydrogen (secondary N) is 1. The van der Waals surface area contributed by atoms with E-state index < -0.39 is 24.2 Å². The summed E-state index contributed by atoms with van der Waals surface area (Å²) in [6.45, 7) is 1.12. The van der Waals surface area contributed by atoms with Crippen LogP contribution < -0.4 is 5.32 Å². The molecule has 3 unspecified atom stereocenters. The van der Waals surface area contributed by atoms with Gasteiger partial charge in [0.05, 0.1) is 18.8 Å². The van der Waals surface area contributed by atoms with Gasteiger partial charge in [0, 0.05) is 39.6 Å². The zero-order valence-corrected chi connectivity index (χ0v) is 12.1. The molecule has 0 bridgehead atoms. The molecule has 21 heavy (non-hydrogen) atoms. The van der Waals surface area contributed by atoms with E-state index >= 15 is 0 Å². The lowest BCUT2D eigenvalue weighted by atomic mass is 10.0. The molecule has 0 saturated carbocycles. The molecule has 2 aliphatic rings. The molecular weight excluding hydrogens is 286 g/mol. The number of hydrogen-bond acceptors (Lipinski definition) is 5. The van der Waals surface area contributed by atoms with Crippen molar-refractivity contribution in [3.05, 3.63) is 0 Å². The van der Waals surface area contributed by atoms with Crippen LogP contribution in [0, 0.1) is 0 Å². The largest absolute Gasteiger partial charge is 0.388 e. The number of nitrogens with zero attached hydrogens (tertiary/aromatic N) is 1. The number of aliphatic hydroxyl groups is 1. The maximum atomic E-state index is 13.1. The molecule has 0 aromatic rings. The second-order valence-electron chi connectivity index (χ2n) is 5.63. The Morgan fingerprint density at radius 3 is 2.76 bits per heavy atom. The molecule has 0 spiro atoms. The average molecular weight is 308 g/mol. The summed E-state index contributed by atoms with van der Waals surface area (Å²) in [7, 11) is 1.41. The molecule has 2 rings (SSSR count). The van der Waals surface area contributed by atoms with Gasteiger partial charge < -0.3 is 24.8 Å². The summed E-state index contributed by atoms with van der Waals surface area (Å²) < 4.78 is 36.3. The third kappa shape index (κ3) is 4.57. The van der Waals surface area contributed by atoms with Crippen LogP contribution in [0.4, 0.5) is 8.78 Å². The van der Waals surface area contributed by atoms with Crippen LogP contribution in [0.15, 0.2) is 0 Å². The highest BCUT2D eigenvalue weighted by atomic mass is 19.3. The fourth-order valence-corrected chi connectivity index (χ4v) is 2.67. The Bertz CT molecular complexity index is 360. The molecule has 2 saturated heterocycles. The molecule has 122 valence electrons. The number of hydrogen-bond donors (Lipinski definition) is 2. The summed E-state index contributed by atoms with van der Waals surface area (Å²) in [5, 5.41) is 12.8. The first-order valence-electron chi connectivity index (χ1n) is 7.09. The third-order valence-corrected chi connectivity index (χ3v) is 3.93. The van der Waals surface area contributed by atoms with Gasteiger partial charge in [-0.25, -0.2) is 8.78 Å². The highest BCUT2D eigenvalue weighted by Crippen LogP contribution is 2.28. The smallest absolute Gasteiger partial charge is 0.250 e. The van der Waals surface area contributed by atoms with Crippen molar-refractivity contribution in [1.82, 2.24) is 10.2 Å². The van der Waals surface area contributed by atoms with Crippen LogP contribution in [-0.4, -0.2) is 80.0 Å². The second kappa shape index (κ2) is 6.95. The maximum absolute atomic E-state index is 13.1. The lowest BCUT2D eigenvalue weighted by Crippen LogP contribution is -2.49. The molecule has 2 N–H and O–H groups in total. The average Bonchev–Trinajstić information content (AvgIpc) is 2.74. The predicted octanol–water partition coefficient (Wildman–Crippen LogP) is -0.392. The lowest BCUT2D eigenvalue weighted by molar-refractivity contribution is -0.126. The van der Waals surface area contributed by atoms with Crippen LogP contribution in [0.3, 0.4) is 0 Å². The monoisotopic (exact) mass is 308 g/mol. The summed E-state index contributed by atoms with van der Waals surface area (Å²) in [5.41, 5.74) is 0. The molecule has 0 aromatic heterocycles. The fraction of sp³-hybridized carbons (Fsp3) is 0.923. The van der Waals surface area contributed by atoms with E-state index in [9.17, 15) is 18.7 Å². The van der Waals surface area contributed by atoms with E-state index in [0.717, 1.165) is 0 Å². The number of carbonyl (C=O) groups excluding carboxylic acids is 1. The van der Waals surface area contributed by atoms with Crippen molar-refractivity contribution in [2.45, 2.75) is 37.0 Å². The van der Waals surface area contributed by atoms with E-state index in [1.165, 1.54) is 7.11 Å². The highest BCUT2D eigenvalue weighted by Gasteiger charge is 2.40. The van der Waals surface area contributed by atoms with Gasteiger partial charge in [0.15, 0.2) is 0 Å². The van der Waals surface area contributed by atoms with Gasteiger partial charge in [0.1, 0.15) is 12.7 Å². The molecule has 0 aromatic carbocycles. The van der Waals surface area contributed by atoms with Crippen LogP contribution in [-0.2, 0) is 14.3 Å². The second-order valence-corrected chi connectivity index (χ2v) is 5.63. The van der Waals surface area contributed by atoms with Gasteiger partial charge in [-0.2, -0.15) is 0 Å². The molecule has 2 aliphatic heterocycles. The van der Waals surface area contributed by atoms with Crippen molar-refractivity contribution < 1.29 is 28.2 Å². The van der Waals surface area contributed by atoms with Crippen molar-refractivity contribution in [3.63, 3.8) is 0 Å². The summed E-state index contributed by atoms with van der Waals surface area (Å²) >= 11 is 0. The standard InChI is InChI=1S/C13H22F2N2O4/c1-20-8-11(18)16-9-7-21-10(12(9)19)6-17-4-2-13(14,15)3-5-17/h9-10,12,19H,2-8H2,1H3,(H,16,18). The number of halogens is 2. The predicted molar refractivity (Wildman–Crippen MR) is 70.2 cm³/mol. The Hall–Kier alpha value is -0.830. The first-order chi connectivity index (χ1) is 9.91. The zero-order chi connectivity index (χ0) is 15.5. The number of ether oxygens (including phenoxy) is 2. The van der Waals surface area contributed by atoms with Gasteiger partial charge in [-0.1, -0.05) is 0 Å². The summed E-state index contributed by atoms with van der Waals surface area (Å²) in [4.78, 5) is 13.3. The highest BCUT2D eigenvalue weighted by molar-refractivity contribution is 5.77. The summed E-state index contributed by atoms with van der Waals surface area (Å²) in [5.74, 6) is -2.90. The van der Waals surface area contributed by atoms with Crippen molar-refractivity contribution >= 4 is 5.91 Å². The third-order valence-electron chi connectivity index (χ3n) is 3.93. The molecule has 0 aliphatic carbocycles. The van der Waals surface area contributed by atoms with E-state index in [1.54, 1.807) is 0 Å². The normalized spacial score (nSPS) is 33.0. The number of alkyl halides is 2. The summed E-state index contributed by atoms with van der Waals surface area (Å²) in [6, 6.07) is -0.483. The van der Waals surface area contributed by atoms with E-state index in [4.69, 9.17) is 9.47 Å². The molecular formula is C13H22F2N2O4. The molecule has 2 heterocycles. The van der Waals surface area contributed by atoms with E-state index in [1.807, 2.05) is 4.90 Å². The lowest BCUT2D eigenvalue weighted by Gasteiger charge is -2.33. The number of carbonyl (C=O) groups is 1. The van der Waals surface area contributed by atoms with Gasteiger partial charge in [-0.3, -0.25) is 4.79 Å². The van der Waals surface area contributed by atoms with Gasteiger partial charge >= 0.3 is 0 Å². The zero-order valence-electron chi connectivity index (χ0n) is 12.1. The Kier molecular flexibility index (Phi) is 5.48. The van der Waals surface area contributed by atoms with E-state index in [0.29, 0.717) is 19.6 Å². The Balaban J connectivity index is 1.77. The number of methoxy groups -OCH3 is 1. The SMILES string of the molecule is COCC(=O)NC1COC(CN2CCC(F)(F)CC2)C1O. The minimum Gasteiger partial charge on any atom is -0.388 e. The van der Waals surface area contributed by atoms with E-state index in [-0.39, 0.29) is 32.0 Å². The Morgan fingerprint density at radius 1 is 1.48 bits per heavy atom. The fourth-order valence-electron chi connectivity index (χ4n) is 2.67. The summed E-state index contributed by atoms with van der Waals surface area (Å²) in [6.07, 6.45) is -1.63. The van der Waals surface area contributed by atoms with Crippen LogP contribution in [0.1, 0.15) is 12.8 Å². The van der Waals surface area contributed by atoms with Gasteiger partial charge in [0.2, 0.25) is 5.91 Å². The van der Waals surface area contributed by atoms with Crippen molar-refractivity contribution in [2.24, 2.45) is 0 Å². The van der Waals surface area contributed by atoms with Crippen molar-refractivity contribution in [1.29, 1.82) is 0 Å². The Labute approximate surface area is 122 Å². The van der Waals surface area contributed by atoms with Crippen molar-refractivity contribution in [3.8, 4) is 0 Å². The van der Waals surface area contributed by atoms with Crippen LogP contribution in [0.5, 0.6) is 0 Å². The maximum Gasteiger partial charge on any atom is 0.250 e. The van der Waals surface area contributed by atoms with Crippen molar-refractivity contribution in [2.75, 3.05) is 40.0 Å². The van der Waals surface area contributed by atoms with Crippen LogP contribution in [0.2, 0.25) is 0 Å². The first-order valence-corrected chi connectivity index (χ1v) is 7.09. The minimum absolute atomic E-state index is 0.0743. The first kappa shape index (κ1) is 16.5. The van der Waals surface area contributed by atoms with Crippen LogP contribution in [0.25, 0.3) is 0 Å². The van der Waals surface area contributed by atoms with Gasteiger partial charge in [-0.05, 0) is 0 Å². The van der Waals surface area contributed by atoms with Crippen LogP contribution >= 0.6 is 0 Å². The molecule has 2 fully saturated rings. The number of likely N-dealkylation sites (tertiary alicyclic amines) is 1. The van der Waals surface area contributed by atoms with Gasteiger partial charge in [-0.15, -0.1) is 0 Å². The molecule has 0 radical (unpaired) electrons. The molecule has 8 heteroatoms. The number of aliphatic hydroxyl groups excluding tert-OH is 1. The molecule has 3 atom stereocenters. The minimum atomic E-state index is -2.58. The number of rotatable bonds is 5. The Morgan fingerprint density at radius 2 is 2.14 bits per heavy atom. The topological polar surface area (TPSA) is 71.0 Å². The number of amides is 1. The number of piperidine rings is 1. The quantitative estimate of drug-likeness (QED) is 0.724. The van der Waals surface area contributed by atoms with Gasteiger partial charge in [0.25, 0.3) is 5.92 Å². The van der Waals surface area contributed by atoms with E-state index in [2.05, 4.69) is 5.32 Å². The molecule has 1 amide bonds. The molecule has 6 nitrogen and oxygen atoms in total.